The number of rotatable bonds is 3. The summed E-state index contributed by atoms with van der Waals surface area (Å²) in [6, 6.07) is 27.5. The maximum Gasteiger partial charge on any atom is 0.338 e. The van der Waals surface area contributed by atoms with Gasteiger partial charge in [-0.2, -0.15) is 0 Å². The second kappa shape index (κ2) is 9.30. The molecule has 4 aromatic rings. The van der Waals surface area contributed by atoms with Gasteiger partial charge >= 0.3 is 5.97 Å². The van der Waals surface area contributed by atoms with Crippen LogP contribution < -0.4 is 0 Å². The summed E-state index contributed by atoms with van der Waals surface area (Å²) in [6.45, 7) is 2.20. The van der Waals surface area contributed by atoms with Gasteiger partial charge in [0.05, 0.1) is 12.2 Å². The molecule has 0 aliphatic carbocycles. The van der Waals surface area contributed by atoms with Crippen molar-refractivity contribution in [2.75, 3.05) is 6.61 Å². The van der Waals surface area contributed by atoms with E-state index in [2.05, 4.69) is 17.1 Å². The first-order valence-corrected chi connectivity index (χ1v) is 8.90. The number of ether oxygens (including phenoxy) is 1. The van der Waals surface area contributed by atoms with Gasteiger partial charge in [0, 0.05) is 12.4 Å². The van der Waals surface area contributed by atoms with Crippen molar-refractivity contribution in [3.8, 4) is 11.1 Å². The number of carbonyl (C=O) groups is 1. The Kier molecular flexibility index (Phi) is 6.31. The Morgan fingerprint density at radius 2 is 1.48 bits per heavy atom. The minimum Gasteiger partial charge on any atom is -0.462 e. The molecule has 0 spiro atoms. The van der Waals surface area contributed by atoms with Crippen LogP contribution >= 0.6 is 0 Å². The molecule has 3 heteroatoms. The molecule has 0 saturated heterocycles. The molecule has 0 atom stereocenters. The molecule has 0 N–H and O–H groups in total. The molecular formula is C24H21NO2. The Morgan fingerprint density at radius 3 is 2.22 bits per heavy atom. The van der Waals surface area contributed by atoms with E-state index in [1.807, 2.05) is 86.0 Å². The highest BCUT2D eigenvalue weighted by molar-refractivity contribution is 5.97. The lowest BCUT2D eigenvalue weighted by Crippen LogP contribution is -2.06. The van der Waals surface area contributed by atoms with E-state index in [0.29, 0.717) is 12.2 Å². The second-order valence-corrected chi connectivity index (χ2v) is 5.85. The van der Waals surface area contributed by atoms with E-state index in [-0.39, 0.29) is 5.97 Å². The van der Waals surface area contributed by atoms with Crippen LogP contribution in [0.4, 0.5) is 0 Å². The molecule has 0 amide bonds. The third-order valence-corrected chi connectivity index (χ3v) is 4.06. The number of hydrogen-bond acceptors (Lipinski definition) is 3. The zero-order chi connectivity index (χ0) is 18.9. The zero-order valence-electron chi connectivity index (χ0n) is 15.2. The van der Waals surface area contributed by atoms with Crippen molar-refractivity contribution >= 4 is 16.7 Å². The predicted molar refractivity (Wildman–Crippen MR) is 110 cm³/mol. The summed E-state index contributed by atoms with van der Waals surface area (Å²) in [4.78, 5) is 15.8. The number of nitrogens with zero attached hydrogens (tertiary/aromatic N) is 1. The summed E-state index contributed by atoms with van der Waals surface area (Å²) >= 11 is 0. The van der Waals surface area contributed by atoms with Gasteiger partial charge in [0.2, 0.25) is 0 Å². The molecule has 0 unspecified atom stereocenters. The van der Waals surface area contributed by atoms with Gasteiger partial charge in [0.15, 0.2) is 0 Å². The van der Waals surface area contributed by atoms with E-state index in [1.54, 1.807) is 6.07 Å². The van der Waals surface area contributed by atoms with Crippen LogP contribution in [0.5, 0.6) is 0 Å². The SMILES string of the molecule is CCOC(=O)c1ccccc1-c1ccccc1.c1ccc2cnccc2c1. The quantitative estimate of drug-likeness (QED) is 0.438. The molecule has 0 aliphatic rings. The number of carbonyl (C=O) groups excluding carboxylic acids is 1. The molecule has 0 radical (unpaired) electrons. The Hall–Kier alpha value is -3.46. The topological polar surface area (TPSA) is 39.2 Å². The molecule has 0 aliphatic heterocycles. The summed E-state index contributed by atoms with van der Waals surface area (Å²) in [5.41, 5.74) is 2.54. The van der Waals surface area contributed by atoms with Gasteiger partial charge in [0.25, 0.3) is 0 Å². The standard InChI is InChI=1S/C15H14O2.C9H7N/c1-2-17-15(16)14-11-7-6-10-13(14)12-8-4-3-5-9-12;1-2-4-9-7-10-6-5-8(9)3-1/h3-11H,2H2,1H3;1-7H. The van der Waals surface area contributed by atoms with E-state index >= 15 is 0 Å². The monoisotopic (exact) mass is 355 g/mol. The van der Waals surface area contributed by atoms with Gasteiger partial charge in [0.1, 0.15) is 0 Å². The normalized spacial score (nSPS) is 9.96. The summed E-state index contributed by atoms with van der Waals surface area (Å²) in [5.74, 6) is -0.271. The van der Waals surface area contributed by atoms with Crippen LogP contribution in [0.3, 0.4) is 0 Å². The van der Waals surface area contributed by atoms with Crippen LogP contribution in [0.2, 0.25) is 0 Å². The Labute approximate surface area is 159 Å². The third-order valence-electron chi connectivity index (χ3n) is 4.06. The molecule has 4 rings (SSSR count). The first-order chi connectivity index (χ1) is 13.3. The van der Waals surface area contributed by atoms with E-state index in [4.69, 9.17) is 4.74 Å². The highest BCUT2D eigenvalue weighted by atomic mass is 16.5. The van der Waals surface area contributed by atoms with E-state index in [9.17, 15) is 4.79 Å². The zero-order valence-corrected chi connectivity index (χ0v) is 15.2. The molecule has 1 aromatic heterocycles. The summed E-state index contributed by atoms with van der Waals surface area (Å²) in [7, 11) is 0. The molecule has 3 aromatic carbocycles. The average molecular weight is 355 g/mol. The lowest BCUT2D eigenvalue weighted by Gasteiger charge is -2.08. The average Bonchev–Trinajstić information content (AvgIpc) is 2.75. The fraction of sp³-hybridized carbons (Fsp3) is 0.0833. The largest absolute Gasteiger partial charge is 0.462 e. The molecule has 1 heterocycles. The van der Waals surface area contributed by atoms with Crippen LogP contribution in [-0.4, -0.2) is 17.6 Å². The van der Waals surface area contributed by atoms with Crippen molar-refractivity contribution in [1.29, 1.82) is 0 Å². The summed E-state index contributed by atoms with van der Waals surface area (Å²) in [5, 5.41) is 2.45. The van der Waals surface area contributed by atoms with Crippen LogP contribution in [0.15, 0.2) is 97.3 Å². The Morgan fingerprint density at radius 1 is 0.815 bits per heavy atom. The van der Waals surface area contributed by atoms with Crippen molar-refractivity contribution in [3.05, 3.63) is 103 Å². The van der Waals surface area contributed by atoms with Crippen LogP contribution in [-0.2, 0) is 4.74 Å². The maximum atomic E-state index is 11.8. The van der Waals surface area contributed by atoms with E-state index in [0.717, 1.165) is 11.1 Å². The van der Waals surface area contributed by atoms with Crippen molar-refractivity contribution in [3.63, 3.8) is 0 Å². The van der Waals surface area contributed by atoms with Crippen LogP contribution in [0.25, 0.3) is 21.9 Å². The molecule has 3 nitrogen and oxygen atoms in total. The van der Waals surface area contributed by atoms with E-state index in [1.165, 1.54) is 10.8 Å². The minimum atomic E-state index is -0.271. The molecule has 27 heavy (non-hydrogen) atoms. The van der Waals surface area contributed by atoms with Gasteiger partial charge in [-0.3, -0.25) is 4.98 Å². The van der Waals surface area contributed by atoms with E-state index < -0.39 is 0 Å². The second-order valence-electron chi connectivity index (χ2n) is 5.85. The molecule has 0 saturated carbocycles. The minimum absolute atomic E-state index is 0.271. The number of aromatic nitrogens is 1. The number of hydrogen-bond donors (Lipinski definition) is 0. The van der Waals surface area contributed by atoms with Crippen LogP contribution in [0, 0.1) is 0 Å². The summed E-state index contributed by atoms with van der Waals surface area (Å²) < 4.78 is 5.05. The lowest BCUT2D eigenvalue weighted by molar-refractivity contribution is 0.0527. The van der Waals surface area contributed by atoms with Crippen molar-refractivity contribution in [2.24, 2.45) is 0 Å². The third kappa shape index (κ3) is 4.79. The first kappa shape index (κ1) is 18.3. The van der Waals surface area contributed by atoms with Gasteiger partial charge in [-0.25, -0.2) is 4.79 Å². The van der Waals surface area contributed by atoms with Crippen LogP contribution in [0.1, 0.15) is 17.3 Å². The Balaban J connectivity index is 0.000000177. The number of fused-ring (bicyclic) bond motifs is 1. The predicted octanol–water partition coefficient (Wildman–Crippen LogP) is 5.77. The van der Waals surface area contributed by atoms with Crippen molar-refractivity contribution in [2.45, 2.75) is 6.92 Å². The number of pyridine rings is 1. The van der Waals surface area contributed by atoms with Gasteiger partial charge in [-0.15, -0.1) is 0 Å². The fourth-order valence-electron chi connectivity index (χ4n) is 2.77. The van der Waals surface area contributed by atoms with Gasteiger partial charge < -0.3 is 4.74 Å². The highest BCUT2D eigenvalue weighted by Gasteiger charge is 2.12. The molecule has 134 valence electrons. The smallest absolute Gasteiger partial charge is 0.338 e. The first-order valence-electron chi connectivity index (χ1n) is 8.90. The van der Waals surface area contributed by atoms with Crippen molar-refractivity contribution < 1.29 is 9.53 Å². The van der Waals surface area contributed by atoms with Gasteiger partial charge in [-0.1, -0.05) is 72.8 Å². The molecule has 0 bridgehead atoms. The van der Waals surface area contributed by atoms with Crippen molar-refractivity contribution in [1.82, 2.24) is 4.98 Å². The molecular weight excluding hydrogens is 334 g/mol. The summed E-state index contributed by atoms with van der Waals surface area (Å²) in [6.07, 6.45) is 3.68. The number of esters is 1. The lowest BCUT2D eigenvalue weighted by atomic mass is 10.00. The fourth-order valence-corrected chi connectivity index (χ4v) is 2.77. The maximum absolute atomic E-state index is 11.8. The highest BCUT2D eigenvalue weighted by Crippen LogP contribution is 2.23. The molecule has 0 fully saturated rings. The Bertz CT molecular complexity index is 947. The number of benzene rings is 3. The van der Waals surface area contributed by atoms with Gasteiger partial charge in [-0.05, 0) is 41.0 Å².